The lowest BCUT2D eigenvalue weighted by atomic mass is 10.1. The van der Waals surface area contributed by atoms with Crippen LogP contribution in [-0.4, -0.2) is 24.6 Å². The molecule has 19 heavy (non-hydrogen) atoms. The van der Waals surface area contributed by atoms with Crippen LogP contribution in [0.15, 0.2) is 18.2 Å². The molecule has 1 aromatic carbocycles. The van der Waals surface area contributed by atoms with Crippen molar-refractivity contribution in [3.05, 3.63) is 28.8 Å². The van der Waals surface area contributed by atoms with Crippen molar-refractivity contribution < 1.29 is 9.53 Å². The summed E-state index contributed by atoms with van der Waals surface area (Å²) in [6, 6.07) is 5.67. The molecule has 0 saturated heterocycles. The van der Waals surface area contributed by atoms with Crippen LogP contribution in [0.1, 0.15) is 26.3 Å². The van der Waals surface area contributed by atoms with E-state index in [1.165, 1.54) is 0 Å². The highest BCUT2D eigenvalue weighted by Crippen LogP contribution is 2.25. The van der Waals surface area contributed by atoms with Crippen LogP contribution in [0.4, 0.5) is 0 Å². The largest absolute Gasteiger partial charge is 0.482 e. The van der Waals surface area contributed by atoms with E-state index in [2.05, 4.69) is 5.32 Å². The molecular formula is C14H21ClN2O2. The average Bonchev–Trinajstić information content (AvgIpc) is 2.26. The Labute approximate surface area is 119 Å². The highest BCUT2D eigenvalue weighted by Gasteiger charge is 2.08. The summed E-state index contributed by atoms with van der Waals surface area (Å²) in [6.07, 6.45) is 0.758. The molecule has 106 valence electrons. The maximum absolute atomic E-state index is 11.5. The van der Waals surface area contributed by atoms with Gasteiger partial charge in [-0.25, -0.2) is 0 Å². The zero-order valence-corrected chi connectivity index (χ0v) is 12.3. The van der Waals surface area contributed by atoms with Gasteiger partial charge in [0.15, 0.2) is 6.61 Å². The topological polar surface area (TPSA) is 64.3 Å². The normalized spacial score (nSPS) is 12.3. The monoisotopic (exact) mass is 284 g/mol. The molecule has 0 bridgehead atoms. The molecule has 0 fully saturated rings. The van der Waals surface area contributed by atoms with E-state index in [9.17, 15) is 4.79 Å². The van der Waals surface area contributed by atoms with Crippen molar-refractivity contribution in [2.24, 2.45) is 5.73 Å². The quantitative estimate of drug-likeness (QED) is 0.841. The van der Waals surface area contributed by atoms with Gasteiger partial charge in [-0.05, 0) is 44.9 Å². The van der Waals surface area contributed by atoms with E-state index >= 15 is 0 Å². The van der Waals surface area contributed by atoms with E-state index in [1.54, 1.807) is 6.07 Å². The van der Waals surface area contributed by atoms with Crippen molar-refractivity contribution in [3.63, 3.8) is 0 Å². The summed E-state index contributed by atoms with van der Waals surface area (Å²) >= 11 is 6.10. The molecule has 1 aromatic rings. The molecule has 1 rings (SSSR count). The Morgan fingerprint density at radius 2 is 2.11 bits per heavy atom. The molecular weight excluding hydrogens is 264 g/mol. The van der Waals surface area contributed by atoms with Gasteiger partial charge < -0.3 is 15.8 Å². The van der Waals surface area contributed by atoms with Crippen molar-refractivity contribution >= 4 is 17.5 Å². The van der Waals surface area contributed by atoms with E-state index in [0.29, 0.717) is 10.8 Å². The fourth-order valence-electron chi connectivity index (χ4n) is 1.67. The standard InChI is InChI=1S/C14H21ClN2O2/c1-9(2)17-14(18)8-19-13-5-4-11(6-10(3)16)7-12(13)15/h4-5,7,9-10H,6,8,16H2,1-3H3,(H,17,18). The Balaban J connectivity index is 2.57. The third-order valence-electron chi connectivity index (χ3n) is 2.36. The number of ether oxygens (including phenoxy) is 1. The van der Waals surface area contributed by atoms with Gasteiger partial charge in [0.1, 0.15) is 5.75 Å². The molecule has 1 atom stereocenters. The van der Waals surface area contributed by atoms with Crippen molar-refractivity contribution in [1.82, 2.24) is 5.32 Å². The molecule has 0 aromatic heterocycles. The fraction of sp³-hybridized carbons (Fsp3) is 0.500. The Hall–Kier alpha value is -1.26. The first-order valence-electron chi connectivity index (χ1n) is 6.34. The van der Waals surface area contributed by atoms with E-state index in [0.717, 1.165) is 12.0 Å². The molecule has 5 heteroatoms. The number of hydrogen-bond donors (Lipinski definition) is 2. The number of carbonyl (C=O) groups excluding carboxylic acids is 1. The number of halogens is 1. The molecule has 0 aliphatic rings. The van der Waals surface area contributed by atoms with Crippen LogP contribution in [0.3, 0.4) is 0 Å². The van der Waals surface area contributed by atoms with Gasteiger partial charge in [-0.3, -0.25) is 4.79 Å². The highest BCUT2D eigenvalue weighted by molar-refractivity contribution is 6.32. The summed E-state index contributed by atoms with van der Waals surface area (Å²) in [4.78, 5) is 11.5. The van der Waals surface area contributed by atoms with Crippen LogP contribution in [-0.2, 0) is 11.2 Å². The summed E-state index contributed by atoms with van der Waals surface area (Å²) in [5, 5.41) is 3.24. The Morgan fingerprint density at radius 3 is 2.63 bits per heavy atom. The number of amides is 1. The van der Waals surface area contributed by atoms with Crippen molar-refractivity contribution in [2.75, 3.05) is 6.61 Å². The lowest BCUT2D eigenvalue weighted by Gasteiger charge is -2.12. The number of benzene rings is 1. The predicted molar refractivity (Wildman–Crippen MR) is 77.6 cm³/mol. The van der Waals surface area contributed by atoms with Crippen molar-refractivity contribution in [2.45, 2.75) is 39.3 Å². The van der Waals surface area contributed by atoms with Crippen LogP contribution >= 0.6 is 11.6 Å². The minimum absolute atomic E-state index is 0.0372. The molecule has 0 heterocycles. The number of carbonyl (C=O) groups is 1. The Bertz CT molecular complexity index is 433. The Kier molecular flexibility index (Phi) is 6.12. The molecule has 4 nitrogen and oxygen atoms in total. The molecule has 0 saturated carbocycles. The van der Waals surface area contributed by atoms with E-state index in [-0.39, 0.29) is 24.6 Å². The molecule has 0 spiro atoms. The molecule has 1 unspecified atom stereocenters. The van der Waals surface area contributed by atoms with Gasteiger partial charge >= 0.3 is 0 Å². The molecule has 1 amide bonds. The summed E-state index contributed by atoms with van der Waals surface area (Å²) < 4.78 is 5.38. The summed E-state index contributed by atoms with van der Waals surface area (Å²) in [7, 11) is 0. The zero-order valence-electron chi connectivity index (χ0n) is 11.6. The van der Waals surface area contributed by atoms with E-state index in [4.69, 9.17) is 22.1 Å². The van der Waals surface area contributed by atoms with E-state index < -0.39 is 0 Å². The second kappa shape index (κ2) is 7.36. The first-order valence-corrected chi connectivity index (χ1v) is 6.72. The molecule has 0 radical (unpaired) electrons. The maximum atomic E-state index is 11.5. The number of hydrogen-bond acceptors (Lipinski definition) is 3. The first-order chi connectivity index (χ1) is 8.88. The summed E-state index contributed by atoms with van der Waals surface area (Å²) in [5.74, 6) is 0.347. The van der Waals surface area contributed by atoms with Gasteiger partial charge in [0.25, 0.3) is 5.91 Å². The Morgan fingerprint density at radius 1 is 1.42 bits per heavy atom. The lowest BCUT2D eigenvalue weighted by Crippen LogP contribution is -2.34. The minimum Gasteiger partial charge on any atom is -0.482 e. The summed E-state index contributed by atoms with van der Waals surface area (Å²) in [5.41, 5.74) is 6.78. The van der Waals surface area contributed by atoms with Crippen LogP contribution in [0.2, 0.25) is 5.02 Å². The average molecular weight is 285 g/mol. The van der Waals surface area contributed by atoms with Gasteiger partial charge in [-0.15, -0.1) is 0 Å². The molecule has 0 aliphatic carbocycles. The van der Waals surface area contributed by atoms with Crippen molar-refractivity contribution in [1.29, 1.82) is 0 Å². The zero-order chi connectivity index (χ0) is 14.4. The third-order valence-corrected chi connectivity index (χ3v) is 2.66. The van der Waals surface area contributed by atoms with Gasteiger partial charge in [0, 0.05) is 12.1 Å². The van der Waals surface area contributed by atoms with Crippen molar-refractivity contribution in [3.8, 4) is 5.75 Å². The molecule has 3 N–H and O–H groups in total. The van der Waals surface area contributed by atoms with Gasteiger partial charge in [0.2, 0.25) is 0 Å². The number of rotatable bonds is 6. The van der Waals surface area contributed by atoms with Gasteiger partial charge in [-0.1, -0.05) is 17.7 Å². The van der Waals surface area contributed by atoms with Crippen LogP contribution < -0.4 is 15.8 Å². The SMILES string of the molecule is CC(N)Cc1ccc(OCC(=O)NC(C)C)c(Cl)c1. The first kappa shape index (κ1) is 15.8. The smallest absolute Gasteiger partial charge is 0.258 e. The van der Waals surface area contributed by atoms with Crippen LogP contribution in [0.25, 0.3) is 0 Å². The summed E-state index contributed by atoms with van der Waals surface area (Å²) in [6.45, 7) is 5.69. The minimum atomic E-state index is -0.161. The van der Waals surface area contributed by atoms with Crippen LogP contribution in [0, 0.1) is 0 Å². The second-order valence-electron chi connectivity index (χ2n) is 4.96. The third kappa shape index (κ3) is 5.94. The number of nitrogens with two attached hydrogens (primary N) is 1. The molecule has 0 aliphatic heterocycles. The fourth-order valence-corrected chi connectivity index (χ4v) is 1.92. The van der Waals surface area contributed by atoms with Gasteiger partial charge in [0.05, 0.1) is 5.02 Å². The van der Waals surface area contributed by atoms with Crippen LogP contribution in [0.5, 0.6) is 5.75 Å². The highest BCUT2D eigenvalue weighted by atomic mass is 35.5. The number of nitrogens with one attached hydrogen (secondary N) is 1. The van der Waals surface area contributed by atoms with Gasteiger partial charge in [-0.2, -0.15) is 0 Å². The van der Waals surface area contributed by atoms with E-state index in [1.807, 2.05) is 32.9 Å². The maximum Gasteiger partial charge on any atom is 0.258 e. The second-order valence-corrected chi connectivity index (χ2v) is 5.36. The lowest BCUT2D eigenvalue weighted by molar-refractivity contribution is -0.123. The predicted octanol–water partition coefficient (Wildman–Crippen LogP) is 2.13.